The van der Waals surface area contributed by atoms with Gasteiger partial charge in [-0.3, -0.25) is 4.98 Å². The molecule has 0 atom stereocenters. The maximum Gasteiger partial charge on any atom is 0.0726 e. The van der Waals surface area contributed by atoms with E-state index in [1.807, 2.05) is 6.07 Å². The zero-order valence-electron chi connectivity index (χ0n) is 11.2. The van der Waals surface area contributed by atoms with Gasteiger partial charge in [-0.2, -0.15) is 0 Å². The summed E-state index contributed by atoms with van der Waals surface area (Å²) < 4.78 is 1.10. The monoisotopic (exact) mass is 306 g/mol. The summed E-state index contributed by atoms with van der Waals surface area (Å²) in [5, 5.41) is 1.22. The van der Waals surface area contributed by atoms with Crippen molar-refractivity contribution in [3.63, 3.8) is 0 Å². The quantitative estimate of drug-likeness (QED) is 0.824. The normalized spacial score (nSPS) is 10.9. The van der Waals surface area contributed by atoms with Crippen LogP contribution >= 0.6 is 15.9 Å². The number of anilines is 1. The Morgan fingerprint density at radius 3 is 2.78 bits per heavy atom. The Hall–Kier alpha value is -1.09. The van der Waals surface area contributed by atoms with Gasteiger partial charge in [0.2, 0.25) is 0 Å². The van der Waals surface area contributed by atoms with Crippen LogP contribution in [0.5, 0.6) is 0 Å². The smallest absolute Gasteiger partial charge is 0.0726 e. The van der Waals surface area contributed by atoms with E-state index in [0.717, 1.165) is 22.2 Å². The molecule has 1 aromatic heterocycles. The number of fused-ring (bicyclic) bond motifs is 1. The molecule has 2 aromatic rings. The fraction of sp³-hybridized carbons (Fsp3) is 0.400. The molecule has 0 saturated heterocycles. The van der Waals surface area contributed by atoms with Gasteiger partial charge in [0.25, 0.3) is 0 Å². The predicted molar refractivity (Wildman–Crippen MR) is 82.4 cm³/mol. The first-order chi connectivity index (χ1) is 8.61. The standard InChI is InChI=1S/C15H19BrN2/c1-4-5-8-18(3)15-9-11(2)17-14-7-6-12(16)10-13(14)15/h6-7,9-10H,4-5,8H2,1-3H3. The Labute approximate surface area is 117 Å². The highest BCUT2D eigenvalue weighted by atomic mass is 79.9. The van der Waals surface area contributed by atoms with Gasteiger partial charge in [-0.15, -0.1) is 0 Å². The largest absolute Gasteiger partial charge is 0.374 e. The van der Waals surface area contributed by atoms with Crippen molar-refractivity contribution in [1.82, 2.24) is 4.98 Å². The molecule has 2 rings (SSSR count). The van der Waals surface area contributed by atoms with Crippen LogP contribution in [0.15, 0.2) is 28.7 Å². The fourth-order valence-corrected chi connectivity index (χ4v) is 2.50. The third-order valence-corrected chi connectivity index (χ3v) is 3.63. The molecule has 3 heteroatoms. The van der Waals surface area contributed by atoms with Crippen molar-refractivity contribution in [2.45, 2.75) is 26.7 Å². The van der Waals surface area contributed by atoms with Crippen molar-refractivity contribution in [2.24, 2.45) is 0 Å². The van der Waals surface area contributed by atoms with Crippen molar-refractivity contribution in [3.8, 4) is 0 Å². The second-order valence-electron chi connectivity index (χ2n) is 4.72. The maximum absolute atomic E-state index is 4.59. The Morgan fingerprint density at radius 2 is 2.06 bits per heavy atom. The highest BCUT2D eigenvalue weighted by molar-refractivity contribution is 9.10. The lowest BCUT2D eigenvalue weighted by Gasteiger charge is -2.21. The minimum atomic E-state index is 1.07. The molecule has 1 aromatic carbocycles. The zero-order valence-corrected chi connectivity index (χ0v) is 12.8. The van der Waals surface area contributed by atoms with E-state index in [2.05, 4.69) is 64.9 Å². The maximum atomic E-state index is 4.59. The number of hydrogen-bond acceptors (Lipinski definition) is 2. The number of hydrogen-bond donors (Lipinski definition) is 0. The second-order valence-corrected chi connectivity index (χ2v) is 5.64. The van der Waals surface area contributed by atoms with E-state index in [9.17, 15) is 0 Å². The average molecular weight is 307 g/mol. The van der Waals surface area contributed by atoms with Crippen LogP contribution in [0, 0.1) is 6.92 Å². The molecule has 0 aliphatic heterocycles. The number of nitrogens with zero attached hydrogens (tertiary/aromatic N) is 2. The van der Waals surface area contributed by atoms with Crippen molar-refractivity contribution < 1.29 is 0 Å². The summed E-state index contributed by atoms with van der Waals surface area (Å²) in [7, 11) is 2.16. The van der Waals surface area contributed by atoms with Gasteiger partial charge < -0.3 is 4.90 Å². The highest BCUT2D eigenvalue weighted by Crippen LogP contribution is 2.28. The second kappa shape index (κ2) is 5.70. The third-order valence-electron chi connectivity index (χ3n) is 3.14. The van der Waals surface area contributed by atoms with Gasteiger partial charge in [0.1, 0.15) is 0 Å². The molecule has 0 amide bonds. The van der Waals surface area contributed by atoms with Gasteiger partial charge in [0, 0.05) is 34.8 Å². The Morgan fingerprint density at radius 1 is 1.28 bits per heavy atom. The number of aromatic nitrogens is 1. The van der Waals surface area contributed by atoms with Crippen LogP contribution in [0.1, 0.15) is 25.5 Å². The third kappa shape index (κ3) is 2.83. The first-order valence-corrected chi connectivity index (χ1v) is 7.19. The Bertz CT molecular complexity index is 551. The predicted octanol–water partition coefficient (Wildman–Crippen LogP) is 4.54. The first-order valence-electron chi connectivity index (χ1n) is 6.40. The molecular weight excluding hydrogens is 288 g/mol. The molecule has 0 spiro atoms. The van der Waals surface area contributed by atoms with Gasteiger partial charge in [0.15, 0.2) is 0 Å². The summed E-state index contributed by atoms with van der Waals surface area (Å²) in [6, 6.07) is 8.44. The van der Waals surface area contributed by atoms with Crippen LogP contribution in [-0.4, -0.2) is 18.6 Å². The first kappa shape index (κ1) is 13.3. The van der Waals surface area contributed by atoms with E-state index in [4.69, 9.17) is 0 Å². The van der Waals surface area contributed by atoms with Crippen LogP contribution in [0.4, 0.5) is 5.69 Å². The molecule has 0 unspecified atom stereocenters. The lowest BCUT2D eigenvalue weighted by atomic mass is 10.1. The van der Waals surface area contributed by atoms with Crippen molar-refractivity contribution >= 4 is 32.5 Å². The summed E-state index contributed by atoms with van der Waals surface area (Å²) in [5.41, 5.74) is 3.41. The number of aryl methyl sites for hydroxylation is 1. The molecule has 96 valence electrons. The molecule has 0 saturated carbocycles. The van der Waals surface area contributed by atoms with E-state index in [1.54, 1.807) is 0 Å². The highest BCUT2D eigenvalue weighted by Gasteiger charge is 2.08. The summed E-state index contributed by atoms with van der Waals surface area (Å²) in [6.07, 6.45) is 2.43. The minimum absolute atomic E-state index is 1.07. The number of unbranched alkanes of at least 4 members (excludes halogenated alkanes) is 1. The van der Waals surface area contributed by atoms with Crippen LogP contribution in [-0.2, 0) is 0 Å². The van der Waals surface area contributed by atoms with Crippen molar-refractivity contribution in [2.75, 3.05) is 18.5 Å². The molecule has 0 N–H and O–H groups in total. The SMILES string of the molecule is CCCCN(C)c1cc(C)nc2ccc(Br)cc12. The van der Waals surface area contributed by atoms with Crippen molar-refractivity contribution in [3.05, 3.63) is 34.4 Å². The van der Waals surface area contributed by atoms with Gasteiger partial charge in [-0.1, -0.05) is 29.3 Å². The lowest BCUT2D eigenvalue weighted by Crippen LogP contribution is -2.18. The number of rotatable bonds is 4. The van der Waals surface area contributed by atoms with Gasteiger partial charge in [-0.25, -0.2) is 0 Å². The van der Waals surface area contributed by atoms with Crippen molar-refractivity contribution in [1.29, 1.82) is 0 Å². The summed E-state index contributed by atoms with van der Waals surface area (Å²) in [4.78, 5) is 6.92. The van der Waals surface area contributed by atoms with E-state index in [0.29, 0.717) is 0 Å². The topological polar surface area (TPSA) is 16.1 Å². The molecular formula is C15H19BrN2. The molecule has 18 heavy (non-hydrogen) atoms. The average Bonchev–Trinajstić information content (AvgIpc) is 2.35. The van der Waals surface area contributed by atoms with Gasteiger partial charge in [0.05, 0.1) is 5.52 Å². The summed E-state index contributed by atoms with van der Waals surface area (Å²) >= 11 is 3.54. The van der Waals surface area contributed by atoms with Crippen LogP contribution in [0.2, 0.25) is 0 Å². The number of benzene rings is 1. The summed E-state index contributed by atoms with van der Waals surface area (Å²) in [6.45, 7) is 5.36. The molecule has 0 aliphatic carbocycles. The molecule has 0 radical (unpaired) electrons. The van der Waals surface area contributed by atoms with E-state index >= 15 is 0 Å². The lowest BCUT2D eigenvalue weighted by molar-refractivity contribution is 0.768. The zero-order chi connectivity index (χ0) is 13.1. The number of pyridine rings is 1. The molecule has 1 heterocycles. The van der Waals surface area contributed by atoms with E-state index < -0.39 is 0 Å². The molecule has 0 fully saturated rings. The van der Waals surface area contributed by atoms with Gasteiger partial charge >= 0.3 is 0 Å². The van der Waals surface area contributed by atoms with Crippen LogP contribution < -0.4 is 4.90 Å². The summed E-state index contributed by atoms with van der Waals surface area (Å²) in [5.74, 6) is 0. The Kier molecular flexibility index (Phi) is 4.23. The van der Waals surface area contributed by atoms with Crippen LogP contribution in [0.25, 0.3) is 10.9 Å². The fourth-order valence-electron chi connectivity index (χ4n) is 2.14. The number of halogens is 1. The van der Waals surface area contributed by atoms with Crippen LogP contribution in [0.3, 0.4) is 0 Å². The minimum Gasteiger partial charge on any atom is -0.374 e. The van der Waals surface area contributed by atoms with Gasteiger partial charge in [-0.05, 0) is 37.6 Å². The molecule has 0 aliphatic rings. The van der Waals surface area contributed by atoms with E-state index in [-0.39, 0.29) is 0 Å². The molecule has 2 nitrogen and oxygen atoms in total. The van der Waals surface area contributed by atoms with E-state index in [1.165, 1.54) is 23.9 Å². The molecule has 0 bridgehead atoms. The Balaban J connectivity index is 2.50.